The van der Waals surface area contributed by atoms with Gasteiger partial charge in [0.1, 0.15) is 6.07 Å². The van der Waals surface area contributed by atoms with E-state index in [1.54, 1.807) is 12.1 Å². The van der Waals surface area contributed by atoms with Crippen LogP contribution in [0, 0.1) is 17.2 Å². The molecule has 8 heteroatoms. The first kappa shape index (κ1) is 21.8. The third kappa shape index (κ3) is 4.80. The number of amides is 1. The van der Waals surface area contributed by atoms with E-state index >= 15 is 0 Å². The van der Waals surface area contributed by atoms with Crippen LogP contribution in [0.5, 0.6) is 0 Å². The van der Waals surface area contributed by atoms with Crippen LogP contribution in [0.1, 0.15) is 45.1 Å². The molecule has 1 saturated heterocycles. The zero-order valence-corrected chi connectivity index (χ0v) is 18.0. The highest BCUT2D eigenvalue weighted by molar-refractivity contribution is 7.89. The minimum Gasteiger partial charge on any atom is -0.348 e. The van der Waals surface area contributed by atoms with Crippen molar-refractivity contribution in [3.63, 3.8) is 0 Å². The van der Waals surface area contributed by atoms with Gasteiger partial charge in [-0.05, 0) is 37.8 Å². The van der Waals surface area contributed by atoms with E-state index in [0.29, 0.717) is 32.1 Å². The van der Waals surface area contributed by atoms with Crippen molar-refractivity contribution in [3.05, 3.63) is 29.8 Å². The summed E-state index contributed by atoms with van der Waals surface area (Å²) in [6.07, 6.45) is 4.60. The number of hydrogen-bond acceptors (Lipinski definition) is 4. The number of carbonyl (C=O) groups is 1. The zero-order valence-electron chi connectivity index (χ0n) is 17.2. The predicted molar refractivity (Wildman–Crippen MR) is 110 cm³/mol. The Kier molecular flexibility index (Phi) is 6.93. The molecule has 0 radical (unpaired) electrons. The van der Waals surface area contributed by atoms with Gasteiger partial charge in [-0.25, -0.2) is 8.42 Å². The first-order chi connectivity index (χ1) is 13.8. The Bertz CT molecular complexity index is 872. The fourth-order valence-corrected chi connectivity index (χ4v) is 5.98. The maximum Gasteiger partial charge on any atom is 0.278 e. The number of hydrogen-bond donors (Lipinski definition) is 2. The molecule has 7 nitrogen and oxygen atoms in total. The molecule has 3 atom stereocenters. The molecule has 1 heterocycles. The highest BCUT2D eigenvalue weighted by Gasteiger charge is 2.36. The molecule has 0 unspecified atom stereocenters. The van der Waals surface area contributed by atoms with E-state index in [-0.39, 0.29) is 28.4 Å². The van der Waals surface area contributed by atoms with Crippen LogP contribution in [0.4, 0.5) is 0 Å². The summed E-state index contributed by atoms with van der Waals surface area (Å²) in [6, 6.07) is 8.30. The molecule has 3 rings (SSSR count). The van der Waals surface area contributed by atoms with E-state index in [0.717, 1.165) is 24.2 Å². The molecule has 1 saturated carbocycles. The standard InChI is InChI=1S/C21H30N4O3S/c1-16-7-3-5-9-19(16)23-21(26)17(2)24-11-13-25(14-12-24)29(27,28)20-10-6-4-8-18(20)15-22/h4,6,8,10,16-17,19H,3,5,7,9,11-14H2,1-2H3,(H,23,26)/p+1/t16-,17+,19+/m0/s1. The van der Waals surface area contributed by atoms with Gasteiger partial charge in [-0.3, -0.25) is 4.79 Å². The molecular formula is C21H31N4O3S+. The molecule has 0 aromatic heterocycles. The molecule has 2 fully saturated rings. The second-order valence-electron chi connectivity index (χ2n) is 8.27. The van der Waals surface area contributed by atoms with Gasteiger partial charge in [0.15, 0.2) is 6.04 Å². The van der Waals surface area contributed by atoms with Crippen LogP contribution in [-0.2, 0) is 14.8 Å². The van der Waals surface area contributed by atoms with Crippen LogP contribution in [-0.4, -0.2) is 56.9 Å². The summed E-state index contributed by atoms with van der Waals surface area (Å²) >= 11 is 0. The normalized spacial score (nSPS) is 25.1. The molecule has 0 bridgehead atoms. The van der Waals surface area contributed by atoms with Crippen molar-refractivity contribution in [2.24, 2.45) is 5.92 Å². The first-order valence-corrected chi connectivity index (χ1v) is 11.9. The van der Waals surface area contributed by atoms with Crippen molar-refractivity contribution in [3.8, 4) is 6.07 Å². The quantitative estimate of drug-likeness (QED) is 0.728. The van der Waals surface area contributed by atoms with Crippen molar-refractivity contribution >= 4 is 15.9 Å². The number of nitrogens with zero attached hydrogens (tertiary/aromatic N) is 2. The highest BCUT2D eigenvalue weighted by atomic mass is 32.2. The van der Waals surface area contributed by atoms with E-state index in [2.05, 4.69) is 12.2 Å². The SMILES string of the molecule is C[C@H](C(=O)N[C@@H]1CCCC[C@@H]1C)[NH+]1CCN(S(=O)(=O)c2ccccc2C#N)CC1. The third-order valence-electron chi connectivity index (χ3n) is 6.43. The predicted octanol–water partition coefficient (Wildman–Crippen LogP) is 0.531. The summed E-state index contributed by atoms with van der Waals surface area (Å²) in [7, 11) is -3.71. The van der Waals surface area contributed by atoms with Gasteiger partial charge in [-0.1, -0.05) is 31.9 Å². The molecule has 1 amide bonds. The van der Waals surface area contributed by atoms with Crippen molar-refractivity contribution in [2.45, 2.75) is 56.5 Å². The van der Waals surface area contributed by atoms with Crippen molar-refractivity contribution < 1.29 is 18.1 Å². The van der Waals surface area contributed by atoms with Crippen LogP contribution in [0.15, 0.2) is 29.2 Å². The molecule has 1 aromatic rings. The number of nitrogens with one attached hydrogen (secondary N) is 2. The van der Waals surface area contributed by atoms with E-state index in [9.17, 15) is 18.5 Å². The third-order valence-corrected chi connectivity index (χ3v) is 8.39. The number of carbonyl (C=O) groups excluding carboxylic acids is 1. The number of nitriles is 1. The molecule has 158 valence electrons. The van der Waals surface area contributed by atoms with Crippen LogP contribution in [0.3, 0.4) is 0 Å². The summed E-state index contributed by atoms with van der Waals surface area (Å²) in [5.41, 5.74) is 0.164. The second-order valence-corrected chi connectivity index (χ2v) is 10.2. The molecule has 2 aliphatic rings. The average molecular weight is 420 g/mol. The van der Waals surface area contributed by atoms with Crippen LogP contribution < -0.4 is 10.2 Å². The van der Waals surface area contributed by atoms with Gasteiger partial charge in [0.25, 0.3) is 5.91 Å². The Balaban J connectivity index is 1.59. The van der Waals surface area contributed by atoms with E-state index in [1.807, 2.05) is 13.0 Å². The van der Waals surface area contributed by atoms with Crippen molar-refractivity contribution in [1.29, 1.82) is 5.26 Å². The summed E-state index contributed by atoms with van der Waals surface area (Å²) in [5.74, 6) is 0.571. The summed E-state index contributed by atoms with van der Waals surface area (Å²) in [4.78, 5) is 13.9. The summed E-state index contributed by atoms with van der Waals surface area (Å²) < 4.78 is 27.4. The fourth-order valence-electron chi connectivity index (χ4n) is 4.39. The van der Waals surface area contributed by atoms with Crippen LogP contribution >= 0.6 is 0 Å². The van der Waals surface area contributed by atoms with E-state index in [4.69, 9.17) is 0 Å². The fraction of sp³-hybridized carbons (Fsp3) is 0.619. The second kappa shape index (κ2) is 9.24. The Morgan fingerprint density at radius 3 is 2.55 bits per heavy atom. The van der Waals surface area contributed by atoms with Gasteiger partial charge in [0.2, 0.25) is 10.0 Å². The number of piperazine rings is 1. The van der Waals surface area contributed by atoms with Gasteiger partial charge in [-0.15, -0.1) is 0 Å². The zero-order chi connectivity index (χ0) is 21.0. The Hall–Kier alpha value is -1.95. The van der Waals surface area contributed by atoms with E-state index < -0.39 is 10.0 Å². The molecule has 0 spiro atoms. The monoisotopic (exact) mass is 419 g/mol. The molecular weight excluding hydrogens is 388 g/mol. The van der Waals surface area contributed by atoms with Gasteiger partial charge < -0.3 is 10.2 Å². The minimum absolute atomic E-state index is 0.0584. The largest absolute Gasteiger partial charge is 0.348 e. The summed E-state index contributed by atoms with van der Waals surface area (Å²) in [5, 5.41) is 12.4. The highest BCUT2D eigenvalue weighted by Crippen LogP contribution is 2.23. The smallest absolute Gasteiger partial charge is 0.278 e. The lowest BCUT2D eigenvalue weighted by atomic mass is 9.86. The molecule has 1 aromatic carbocycles. The molecule has 1 aliphatic heterocycles. The lowest BCUT2D eigenvalue weighted by molar-refractivity contribution is -0.917. The number of sulfonamides is 1. The van der Waals surface area contributed by atoms with Crippen LogP contribution in [0.25, 0.3) is 0 Å². The van der Waals surface area contributed by atoms with Crippen LogP contribution in [0.2, 0.25) is 0 Å². The molecule has 29 heavy (non-hydrogen) atoms. The first-order valence-electron chi connectivity index (χ1n) is 10.5. The lowest BCUT2D eigenvalue weighted by Gasteiger charge is -2.36. The number of benzene rings is 1. The van der Waals surface area contributed by atoms with Crippen molar-refractivity contribution in [2.75, 3.05) is 26.2 Å². The molecule has 1 aliphatic carbocycles. The number of rotatable bonds is 5. The lowest BCUT2D eigenvalue weighted by Crippen LogP contribution is -3.19. The topological polar surface area (TPSA) is 94.7 Å². The average Bonchev–Trinajstić information content (AvgIpc) is 2.74. The molecule has 2 N–H and O–H groups in total. The minimum atomic E-state index is -3.71. The van der Waals surface area contributed by atoms with Gasteiger partial charge in [0.05, 0.1) is 36.6 Å². The van der Waals surface area contributed by atoms with E-state index in [1.165, 1.54) is 22.9 Å². The maximum atomic E-state index is 13.0. The van der Waals surface area contributed by atoms with Gasteiger partial charge in [-0.2, -0.15) is 9.57 Å². The number of quaternary nitrogens is 1. The maximum absolute atomic E-state index is 13.0. The summed E-state index contributed by atoms with van der Waals surface area (Å²) in [6.45, 7) is 5.95. The Labute approximate surface area is 173 Å². The van der Waals surface area contributed by atoms with Gasteiger partial charge in [0, 0.05) is 6.04 Å². The Morgan fingerprint density at radius 2 is 1.90 bits per heavy atom. The van der Waals surface area contributed by atoms with Gasteiger partial charge >= 0.3 is 0 Å². The van der Waals surface area contributed by atoms with Crippen molar-refractivity contribution in [1.82, 2.24) is 9.62 Å². The Morgan fingerprint density at radius 1 is 1.24 bits per heavy atom.